The summed E-state index contributed by atoms with van der Waals surface area (Å²) in [4.78, 5) is 0. The largest absolute Gasteiger partial charge is 0.394 e. The molecule has 6 nitrogen and oxygen atoms in total. The third kappa shape index (κ3) is 12.0. The summed E-state index contributed by atoms with van der Waals surface area (Å²) in [6.07, 6.45) is 4.96. The van der Waals surface area contributed by atoms with E-state index in [1.54, 1.807) is 13.8 Å². The Morgan fingerprint density at radius 3 is 2.00 bits per heavy atom. The van der Waals surface area contributed by atoms with Crippen LogP contribution >= 0.6 is 0 Å². The number of aliphatic hydroxyl groups excluding tert-OH is 1. The van der Waals surface area contributed by atoms with Gasteiger partial charge in [-0.25, -0.2) is 0 Å². The van der Waals surface area contributed by atoms with E-state index in [1.165, 1.54) is 6.42 Å². The van der Waals surface area contributed by atoms with Gasteiger partial charge in [0, 0.05) is 11.6 Å². The minimum atomic E-state index is -3.97. The van der Waals surface area contributed by atoms with Gasteiger partial charge in [-0.3, -0.25) is 4.55 Å². The summed E-state index contributed by atoms with van der Waals surface area (Å²) in [5.74, 6) is 0. The van der Waals surface area contributed by atoms with E-state index in [4.69, 9.17) is 15.4 Å². The molecule has 0 radical (unpaired) electrons. The van der Waals surface area contributed by atoms with Crippen molar-refractivity contribution in [3.05, 3.63) is 0 Å². The number of aliphatic hydroxyl groups is 1. The molecule has 1 fully saturated rings. The van der Waals surface area contributed by atoms with Gasteiger partial charge in [0.1, 0.15) is 0 Å². The molecule has 0 bridgehead atoms. The van der Waals surface area contributed by atoms with E-state index in [9.17, 15) is 8.42 Å². The fourth-order valence-electron chi connectivity index (χ4n) is 1.43. The molecule has 0 amide bonds. The summed E-state index contributed by atoms with van der Waals surface area (Å²) in [6.45, 7) is 3.59. The lowest BCUT2D eigenvalue weighted by Gasteiger charge is -2.20. The van der Waals surface area contributed by atoms with Crippen LogP contribution in [0.2, 0.25) is 0 Å². The van der Waals surface area contributed by atoms with Gasteiger partial charge in [0.05, 0.1) is 6.61 Å². The van der Waals surface area contributed by atoms with Crippen LogP contribution in [0.25, 0.3) is 0 Å². The van der Waals surface area contributed by atoms with Crippen molar-refractivity contribution >= 4 is 10.3 Å². The van der Waals surface area contributed by atoms with E-state index < -0.39 is 15.8 Å². The molecule has 0 atom stereocenters. The average Bonchev–Trinajstić information content (AvgIpc) is 2.16. The Balaban J connectivity index is 0.000000366. The minimum Gasteiger partial charge on any atom is -0.394 e. The zero-order valence-corrected chi connectivity index (χ0v) is 11.3. The van der Waals surface area contributed by atoms with E-state index >= 15 is 0 Å². The molecule has 17 heavy (non-hydrogen) atoms. The highest BCUT2D eigenvalue weighted by molar-refractivity contribution is 7.83. The Hall–Kier alpha value is -0.210. The van der Waals surface area contributed by atoms with Gasteiger partial charge in [0.2, 0.25) is 0 Å². The normalized spacial score (nSPS) is 18.4. The van der Waals surface area contributed by atoms with Gasteiger partial charge in [0.15, 0.2) is 0 Å². The summed E-state index contributed by atoms with van der Waals surface area (Å²) < 4.78 is 31.3. The van der Waals surface area contributed by atoms with Crippen LogP contribution < -0.4 is 10.5 Å². The summed E-state index contributed by atoms with van der Waals surface area (Å²) in [5, 5.41) is 8.28. The molecule has 0 aromatic rings. The highest BCUT2D eigenvalue weighted by Crippen LogP contribution is 2.17. The molecule has 0 heterocycles. The van der Waals surface area contributed by atoms with Gasteiger partial charge in [0.25, 0.3) is 0 Å². The first-order chi connectivity index (χ1) is 7.64. The van der Waals surface area contributed by atoms with Crippen molar-refractivity contribution < 1.29 is 18.1 Å². The standard InChI is InChI=1S/C6H13NO3S.C4H11NO/c8-11(9,10)7-6-4-2-1-3-5-6;1-4(2,5)3-6/h6-7H,1-5H2,(H,8,9,10);6H,3,5H2,1-2H3. The molecule has 0 saturated heterocycles. The topological polar surface area (TPSA) is 113 Å². The number of hydrogen-bond acceptors (Lipinski definition) is 4. The van der Waals surface area contributed by atoms with E-state index in [1.807, 2.05) is 0 Å². The molecule has 1 rings (SSSR count). The first-order valence-electron chi connectivity index (χ1n) is 5.78. The predicted octanol–water partition coefficient (Wildman–Crippen LogP) is 0.427. The van der Waals surface area contributed by atoms with Crippen molar-refractivity contribution in [3.63, 3.8) is 0 Å². The zero-order valence-electron chi connectivity index (χ0n) is 10.5. The van der Waals surface area contributed by atoms with Gasteiger partial charge in [-0.05, 0) is 26.7 Å². The Morgan fingerprint density at radius 2 is 1.71 bits per heavy atom. The fourth-order valence-corrected chi connectivity index (χ4v) is 2.09. The van der Waals surface area contributed by atoms with Gasteiger partial charge >= 0.3 is 10.3 Å². The molecule has 7 heteroatoms. The summed E-state index contributed by atoms with van der Waals surface area (Å²) in [5.41, 5.74) is 4.88. The van der Waals surface area contributed by atoms with E-state index in [2.05, 4.69) is 4.72 Å². The van der Waals surface area contributed by atoms with Crippen molar-refractivity contribution in [2.45, 2.75) is 57.5 Å². The van der Waals surface area contributed by atoms with E-state index in [0.29, 0.717) is 0 Å². The van der Waals surface area contributed by atoms with Crippen LogP contribution in [0.1, 0.15) is 46.0 Å². The third-order valence-corrected chi connectivity index (χ3v) is 2.96. The quantitative estimate of drug-likeness (QED) is 0.554. The maximum Gasteiger partial charge on any atom is 0.333 e. The molecular weight excluding hydrogens is 244 g/mol. The molecule has 0 aliphatic heterocycles. The smallest absolute Gasteiger partial charge is 0.333 e. The van der Waals surface area contributed by atoms with Crippen LogP contribution in [0.15, 0.2) is 0 Å². The first kappa shape index (κ1) is 16.8. The van der Waals surface area contributed by atoms with Crippen molar-refractivity contribution in [2.24, 2.45) is 5.73 Å². The number of hydrogen-bond donors (Lipinski definition) is 4. The van der Waals surface area contributed by atoms with Crippen molar-refractivity contribution in [3.8, 4) is 0 Å². The van der Waals surface area contributed by atoms with Crippen LogP contribution in [-0.4, -0.2) is 36.3 Å². The lowest BCUT2D eigenvalue weighted by Crippen LogP contribution is -2.35. The van der Waals surface area contributed by atoms with Crippen molar-refractivity contribution in [1.82, 2.24) is 4.72 Å². The van der Waals surface area contributed by atoms with Crippen LogP contribution in [-0.2, 0) is 10.3 Å². The number of rotatable bonds is 3. The molecule has 0 aromatic heterocycles. The predicted molar refractivity (Wildman–Crippen MR) is 66.9 cm³/mol. The second kappa shape index (κ2) is 7.27. The highest BCUT2D eigenvalue weighted by Gasteiger charge is 2.17. The first-order valence-corrected chi connectivity index (χ1v) is 7.22. The Bertz CT molecular complexity index is 292. The highest BCUT2D eigenvalue weighted by atomic mass is 32.2. The van der Waals surface area contributed by atoms with Crippen molar-refractivity contribution in [1.29, 1.82) is 0 Å². The Kier molecular flexibility index (Phi) is 7.18. The number of nitrogens with two attached hydrogens (primary N) is 1. The van der Waals surface area contributed by atoms with E-state index in [0.717, 1.165) is 25.7 Å². The van der Waals surface area contributed by atoms with Gasteiger partial charge < -0.3 is 10.8 Å². The van der Waals surface area contributed by atoms with Crippen LogP contribution in [0.3, 0.4) is 0 Å². The van der Waals surface area contributed by atoms with Crippen LogP contribution in [0.4, 0.5) is 0 Å². The number of nitrogens with one attached hydrogen (secondary N) is 1. The summed E-state index contributed by atoms with van der Waals surface area (Å²) in [7, 11) is -3.97. The lowest BCUT2D eigenvalue weighted by molar-refractivity contribution is 0.221. The zero-order chi connectivity index (χ0) is 13.5. The molecule has 0 aromatic carbocycles. The minimum absolute atomic E-state index is 0.0428. The summed E-state index contributed by atoms with van der Waals surface area (Å²) >= 11 is 0. The maximum absolute atomic E-state index is 10.3. The molecule has 1 saturated carbocycles. The molecule has 0 spiro atoms. The molecule has 104 valence electrons. The van der Waals surface area contributed by atoms with E-state index in [-0.39, 0.29) is 12.6 Å². The Morgan fingerprint density at radius 1 is 1.29 bits per heavy atom. The van der Waals surface area contributed by atoms with Crippen LogP contribution in [0, 0.1) is 0 Å². The lowest BCUT2D eigenvalue weighted by atomic mass is 9.96. The van der Waals surface area contributed by atoms with Gasteiger partial charge in [-0.2, -0.15) is 13.1 Å². The second-order valence-electron chi connectivity index (χ2n) is 5.07. The second-order valence-corrected chi connectivity index (χ2v) is 6.26. The van der Waals surface area contributed by atoms with Crippen molar-refractivity contribution in [2.75, 3.05) is 6.61 Å². The molecule has 1 aliphatic carbocycles. The molecule has 5 N–H and O–H groups in total. The van der Waals surface area contributed by atoms with Gasteiger partial charge in [-0.15, -0.1) is 0 Å². The maximum atomic E-state index is 10.3. The fraction of sp³-hybridized carbons (Fsp3) is 1.00. The average molecular weight is 268 g/mol. The Labute approximate surface area is 103 Å². The molecule has 0 unspecified atom stereocenters. The third-order valence-electron chi connectivity index (χ3n) is 2.33. The molecule has 1 aliphatic rings. The monoisotopic (exact) mass is 268 g/mol. The van der Waals surface area contributed by atoms with Crippen LogP contribution in [0.5, 0.6) is 0 Å². The molecular formula is C10H24N2O4S. The summed E-state index contributed by atoms with van der Waals surface area (Å²) in [6, 6.07) is -0.0428. The van der Waals surface area contributed by atoms with Gasteiger partial charge in [-0.1, -0.05) is 19.3 Å². The SMILES string of the molecule is CC(C)(N)CO.O=S(=O)(O)NC1CCCCC1.